The average molecular weight is 276 g/mol. The molecule has 0 atom stereocenters. The van der Waals surface area contributed by atoms with Crippen molar-refractivity contribution in [2.45, 2.75) is 19.9 Å². The van der Waals surface area contributed by atoms with Crippen LogP contribution in [0.2, 0.25) is 0 Å². The summed E-state index contributed by atoms with van der Waals surface area (Å²) in [7, 11) is 0. The largest absolute Gasteiger partial charge is 0.395 e. The maximum atomic E-state index is 11.2. The number of aryl methyl sites for hydroxylation is 2. The molecule has 6 heteroatoms. The minimum absolute atomic E-state index is 0.0296. The van der Waals surface area contributed by atoms with E-state index in [9.17, 15) is 4.79 Å². The molecule has 0 radical (unpaired) electrons. The van der Waals surface area contributed by atoms with E-state index in [1.165, 1.54) is 0 Å². The van der Waals surface area contributed by atoms with Gasteiger partial charge >= 0.3 is 0 Å². The van der Waals surface area contributed by atoms with Gasteiger partial charge in [0.05, 0.1) is 16.8 Å². The Morgan fingerprint density at radius 2 is 2.47 bits per heavy atom. The molecule has 5 nitrogen and oxygen atoms in total. The van der Waals surface area contributed by atoms with Gasteiger partial charge in [0.1, 0.15) is 0 Å². The van der Waals surface area contributed by atoms with Gasteiger partial charge in [0.25, 0.3) is 0 Å². The van der Waals surface area contributed by atoms with E-state index in [-0.39, 0.29) is 12.5 Å². The summed E-state index contributed by atoms with van der Waals surface area (Å²) in [4.78, 5) is 11.2. The lowest BCUT2D eigenvalue weighted by molar-refractivity contribution is -0.121. The molecule has 0 aliphatic carbocycles. The van der Waals surface area contributed by atoms with Crippen molar-refractivity contribution in [1.82, 2.24) is 15.1 Å². The number of aliphatic hydroxyl groups is 1. The molecule has 0 unspecified atom stereocenters. The van der Waals surface area contributed by atoms with E-state index in [1.807, 2.05) is 13.1 Å². The van der Waals surface area contributed by atoms with Crippen LogP contribution in [-0.2, 0) is 11.3 Å². The van der Waals surface area contributed by atoms with Gasteiger partial charge in [-0.2, -0.15) is 5.10 Å². The van der Waals surface area contributed by atoms with Crippen molar-refractivity contribution in [3.63, 3.8) is 0 Å². The van der Waals surface area contributed by atoms with Crippen molar-refractivity contribution >= 4 is 21.8 Å². The number of halogens is 1. The number of carbonyl (C=O) groups is 1. The second kappa shape index (κ2) is 5.87. The second-order valence-electron chi connectivity index (χ2n) is 3.15. The van der Waals surface area contributed by atoms with Gasteiger partial charge in [-0.3, -0.25) is 9.48 Å². The van der Waals surface area contributed by atoms with E-state index in [1.54, 1.807) is 4.68 Å². The summed E-state index contributed by atoms with van der Waals surface area (Å²) < 4.78 is 2.66. The Bertz CT molecular complexity index is 319. The molecule has 1 rings (SSSR count). The predicted molar refractivity (Wildman–Crippen MR) is 59.4 cm³/mol. The molecule has 1 aromatic rings. The highest BCUT2D eigenvalue weighted by molar-refractivity contribution is 9.10. The lowest BCUT2D eigenvalue weighted by atomic mass is 10.4. The van der Waals surface area contributed by atoms with Crippen molar-refractivity contribution in [3.05, 3.63) is 16.4 Å². The quantitative estimate of drug-likeness (QED) is 0.820. The summed E-state index contributed by atoms with van der Waals surface area (Å²) in [6.45, 7) is 2.72. The van der Waals surface area contributed by atoms with E-state index in [0.717, 1.165) is 10.2 Å². The van der Waals surface area contributed by atoms with E-state index in [2.05, 4.69) is 26.3 Å². The molecule has 84 valence electrons. The molecule has 2 N–H and O–H groups in total. The summed E-state index contributed by atoms with van der Waals surface area (Å²) in [6, 6.07) is 0. The van der Waals surface area contributed by atoms with Crippen LogP contribution in [0.15, 0.2) is 10.7 Å². The number of amides is 1. The normalized spacial score (nSPS) is 10.3. The van der Waals surface area contributed by atoms with Crippen molar-refractivity contribution in [1.29, 1.82) is 0 Å². The molecule has 15 heavy (non-hydrogen) atoms. The number of nitrogens with one attached hydrogen (secondary N) is 1. The van der Waals surface area contributed by atoms with Gasteiger partial charge in [-0.1, -0.05) is 0 Å². The smallest absolute Gasteiger partial charge is 0.221 e. The van der Waals surface area contributed by atoms with E-state index in [4.69, 9.17) is 5.11 Å². The molecular weight excluding hydrogens is 262 g/mol. The molecule has 0 bridgehead atoms. The van der Waals surface area contributed by atoms with Gasteiger partial charge in [0, 0.05) is 25.7 Å². The Morgan fingerprint density at radius 3 is 3.00 bits per heavy atom. The Hall–Kier alpha value is -0.880. The van der Waals surface area contributed by atoms with Crippen LogP contribution >= 0.6 is 15.9 Å². The highest BCUT2D eigenvalue weighted by Gasteiger charge is 2.04. The SMILES string of the molecule is Cc1nn(CCC(=O)NCCO)cc1Br. The summed E-state index contributed by atoms with van der Waals surface area (Å²) in [6.07, 6.45) is 2.21. The van der Waals surface area contributed by atoms with Crippen molar-refractivity contribution in [2.75, 3.05) is 13.2 Å². The van der Waals surface area contributed by atoms with Gasteiger partial charge in [-0.25, -0.2) is 0 Å². The Morgan fingerprint density at radius 1 is 1.73 bits per heavy atom. The molecule has 1 amide bonds. The average Bonchev–Trinajstić information content (AvgIpc) is 2.52. The second-order valence-corrected chi connectivity index (χ2v) is 4.00. The molecule has 0 fully saturated rings. The topological polar surface area (TPSA) is 67.2 Å². The van der Waals surface area contributed by atoms with Crippen LogP contribution in [-0.4, -0.2) is 33.9 Å². The third kappa shape index (κ3) is 4.01. The van der Waals surface area contributed by atoms with Crippen LogP contribution in [0.3, 0.4) is 0 Å². The van der Waals surface area contributed by atoms with Crippen molar-refractivity contribution in [2.24, 2.45) is 0 Å². The first-order valence-corrected chi connectivity index (χ1v) is 5.50. The fourth-order valence-electron chi connectivity index (χ4n) is 1.11. The fourth-order valence-corrected chi connectivity index (χ4v) is 1.42. The number of aromatic nitrogens is 2. The minimum Gasteiger partial charge on any atom is -0.395 e. The third-order valence-electron chi connectivity index (χ3n) is 1.89. The highest BCUT2D eigenvalue weighted by atomic mass is 79.9. The van der Waals surface area contributed by atoms with Crippen LogP contribution < -0.4 is 5.32 Å². The van der Waals surface area contributed by atoms with Crippen LogP contribution in [0, 0.1) is 6.92 Å². The highest BCUT2D eigenvalue weighted by Crippen LogP contribution is 2.13. The third-order valence-corrected chi connectivity index (χ3v) is 2.67. The zero-order chi connectivity index (χ0) is 11.3. The number of nitrogens with zero attached hydrogens (tertiary/aromatic N) is 2. The van der Waals surface area contributed by atoms with Gasteiger partial charge in [0.15, 0.2) is 0 Å². The van der Waals surface area contributed by atoms with Gasteiger partial charge in [-0.15, -0.1) is 0 Å². The Balaban J connectivity index is 2.33. The summed E-state index contributed by atoms with van der Waals surface area (Å²) >= 11 is 3.35. The molecule has 1 aromatic heterocycles. The van der Waals surface area contributed by atoms with E-state index < -0.39 is 0 Å². The predicted octanol–water partition coefficient (Wildman–Crippen LogP) is 0.453. The summed E-state index contributed by atoms with van der Waals surface area (Å²) in [5.74, 6) is -0.0756. The van der Waals surface area contributed by atoms with E-state index >= 15 is 0 Å². The number of hydrogen-bond donors (Lipinski definition) is 2. The summed E-state index contributed by atoms with van der Waals surface area (Å²) in [5.41, 5.74) is 0.908. The molecule has 0 aromatic carbocycles. The zero-order valence-electron chi connectivity index (χ0n) is 8.53. The molecule has 0 saturated carbocycles. The molecule has 1 heterocycles. The molecule has 0 aliphatic heterocycles. The molecule has 0 aliphatic rings. The summed E-state index contributed by atoms with van der Waals surface area (Å²) in [5, 5.41) is 15.3. The van der Waals surface area contributed by atoms with Gasteiger partial charge < -0.3 is 10.4 Å². The number of carbonyl (C=O) groups excluding carboxylic acids is 1. The number of rotatable bonds is 5. The van der Waals surface area contributed by atoms with Crippen LogP contribution in [0.25, 0.3) is 0 Å². The first-order valence-electron chi connectivity index (χ1n) is 4.70. The van der Waals surface area contributed by atoms with E-state index in [0.29, 0.717) is 19.5 Å². The van der Waals surface area contributed by atoms with Crippen molar-refractivity contribution < 1.29 is 9.90 Å². The lowest BCUT2D eigenvalue weighted by Crippen LogP contribution is -2.27. The fraction of sp³-hybridized carbons (Fsp3) is 0.556. The van der Waals surface area contributed by atoms with Crippen LogP contribution in [0.5, 0.6) is 0 Å². The minimum atomic E-state index is -0.0756. The number of aliphatic hydroxyl groups excluding tert-OH is 1. The van der Waals surface area contributed by atoms with Gasteiger partial charge in [0.2, 0.25) is 5.91 Å². The molecular formula is C9H14BrN3O2. The monoisotopic (exact) mass is 275 g/mol. The van der Waals surface area contributed by atoms with Crippen LogP contribution in [0.4, 0.5) is 0 Å². The molecule has 0 saturated heterocycles. The first-order chi connectivity index (χ1) is 7.13. The van der Waals surface area contributed by atoms with Crippen molar-refractivity contribution in [3.8, 4) is 0 Å². The Labute approximate surface area is 96.6 Å². The molecule has 0 spiro atoms. The lowest BCUT2D eigenvalue weighted by Gasteiger charge is -2.02. The zero-order valence-corrected chi connectivity index (χ0v) is 10.1. The van der Waals surface area contributed by atoms with Gasteiger partial charge in [-0.05, 0) is 22.9 Å². The Kier molecular flexibility index (Phi) is 4.77. The standard InChI is InChI=1S/C9H14BrN3O2/c1-7-8(10)6-13(12-7)4-2-9(15)11-3-5-14/h6,14H,2-5H2,1H3,(H,11,15). The number of hydrogen-bond acceptors (Lipinski definition) is 3. The first kappa shape index (κ1) is 12.2. The maximum absolute atomic E-state index is 11.2. The van der Waals surface area contributed by atoms with Crippen LogP contribution in [0.1, 0.15) is 12.1 Å². The maximum Gasteiger partial charge on any atom is 0.221 e.